The van der Waals surface area contributed by atoms with Crippen molar-refractivity contribution in [3.05, 3.63) is 0 Å². The van der Waals surface area contributed by atoms with Crippen LogP contribution in [0.4, 0.5) is 0 Å². The highest BCUT2D eigenvalue weighted by Crippen LogP contribution is 2.12. The predicted molar refractivity (Wildman–Crippen MR) is 121 cm³/mol. The van der Waals surface area contributed by atoms with E-state index in [9.17, 15) is 0 Å². The van der Waals surface area contributed by atoms with E-state index >= 15 is 0 Å². The van der Waals surface area contributed by atoms with Crippen LogP contribution in [0.1, 0.15) is 143 Å². The molecule has 0 bridgehead atoms. The van der Waals surface area contributed by atoms with Crippen LogP contribution in [0, 0.1) is 0 Å². The van der Waals surface area contributed by atoms with Crippen LogP contribution in [0.15, 0.2) is 0 Å². The molecule has 0 aliphatic carbocycles. The molecular formula is C25H53N. The molecule has 0 fully saturated rings. The van der Waals surface area contributed by atoms with E-state index in [1.54, 1.807) is 0 Å². The topological polar surface area (TPSA) is 3.24 Å². The Labute approximate surface area is 167 Å². The van der Waals surface area contributed by atoms with Crippen molar-refractivity contribution >= 4 is 0 Å². The van der Waals surface area contributed by atoms with Gasteiger partial charge in [0.1, 0.15) is 0 Å². The average Bonchev–Trinajstić information content (AvgIpc) is 2.66. The molecule has 0 saturated carbocycles. The van der Waals surface area contributed by atoms with Gasteiger partial charge in [0.25, 0.3) is 0 Å². The quantitative estimate of drug-likeness (QED) is 0.173. The van der Waals surface area contributed by atoms with Crippen molar-refractivity contribution in [3.8, 4) is 0 Å². The lowest BCUT2D eigenvalue weighted by Gasteiger charge is -2.20. The van der Waals surface area contributed by atoms with Gasteiger partial charge in [0.05, 0.1) is 0 Å². The summed E-state index contributed by atoms with van der Waals surface area (Å²) in [6.07, 6.45) is 27.5. The predicted octanol–water partition coefficient (Wildman–Crippen LogP) is 8.76. The zero-order chi connectivity index (χ0) is 19.1. The van der Waals surface area contributed by atoms with E-state index in [4.69, 9.17) is 0 Å². The summed E-state index contributed by atoms with van der Waals surface area (Å²) in [6.45, 7) is 10.9. The Bertz CT molecular complexity index is 238. The molecule has 1 nitrogen and oxygen atoms in total. The molecule has 0 saturated heterocycles. The van der Waals surface area contributed by atoms with Crippen molar-refractivity contribution in [3.63, 3.8) is 0 Å². The summed E-state index contributed by atoms with van der Waals surface area (Å²) in [4.78, 5) is 2.69. The fraction of sp³-hybridized carbons (Fsp3) is 1.00. The molecule has 0 aliphatic heterocycles. The van der Waals surface area contributed by atoms with Crippen molar-refractivity contribution in [1.82, 2.24) is 4.90 Å². The summed E-state index contributed by atoms with van der Waals surface area (Å²) < 4.78 is 0. The maximum absolute atomic E-state index is 2.69. The third kappa shape index (κ3) is 20.3. The summed E-state index contributed by atoms with van der Waals surface area (Å²) in [5, 5.41) is 0. The van der Waals surface area contributed by atoms with Crippen molar-refractivity contribution < 1.29 is 0 Å². The van der Waals surface area contributed by atoms with Crippen molar-refractivity contribution in [2.75, 3.05) is 19.6 Å². The highest BCUT2D eigenvalue weighted by molar-refractivity contribution is 4.57. The Kier molecular flexibility index (Phi) is 23.0. The maximum atomic E-state index is 2.69. The van der Waals surface area contributed by atoms with Gasteiger partial charge in [-0.15, -0.1) is 0 Å². The number of nitrogens with zero attached hydrogens (tertiary/aromatic N) is 1. The lowest BCUT2D eigenvalue weighted by Crippen LogP contribution is -2.25. The van der Waals surface area contributed by atoms with E-state index in [0.717, 1.165) is 0 Å². The summed E-state index contributed by atoms with van der Waals surface area (Å²) in [7, 11) is 0. The molecule has 158 valence electrons. The summed E-state index contributed by atoms with van der Waals surface area (Å²) >= 11 is 0. The molecule has 0 aliphatic rings. The molecule has 0 radical (unpaired) electrons. The Hall–Kier alpha value is -0.0400. The highest BCUT2D eigenvalue weighted by atomic mass is 15.1. The Morgan fingerprint density at radius 3 is 0.885 bits per heavy atom. The molecule has 0 aromatic rings. The third-order valence-corrected chi connectivity index (χ3v) is 5.85. The number of unbranched alkanes of at least 4 members (excludes halogenated alkanes) is 17. The minimum absolute atomic E-state index is 1.24. The lowest BCUT2D eigenvalue weighted by atomic mass is 10.1. The molecule has 0 unspecified atom stereocenters. The molecule has 0 spiro atoms. The zero-order valence-corrected chi connectivity index (χ0v) is 19.0. The smallest absolute Gasteiger partial charge is 0.00189 e. The minimum atomic E-state index is 1.24. The van der Waals surface area contributed by atoms with E-state index in [0.29, 0.717) is 0 Å². The first kappa shape index (κ1) is 26.0. The molecule has 0 atom stereocenters. The number of rotatable bonds is 22. The van der Waals surface area contributed by atoms with E-state index < -0.39 is 0 Å². The van der Waals surface area contributed by atoms with Gasteiger partial charge in [0.2, 0.25) is 0 Å². The van der Waals surface area contributed by atoms with Crippen LogP contribution in [0.5, 0.6) is 0 Å². The first-order valence-corrected chi connectivity index (χ1v) is 12.6. The molecule has 1 heteroatoms. The molecule has 0 heterocycles. The van der Waals surface area contributed by atoms with Crippen LogP contribution in [-0.4, -0.2) is 24.5 Å². The zero-order valence-electron chi connectivity index (χ0n) is 19.0. The van der Waals surface area contributed by atoms with Gasteiger partial charge in [0, 0.05) is 0 Å². The van der Waals surface area contributed by atoms with Crippen molar-refractivity contribution in [2.45, 2.75) is 143 Å². The normalized spacial score (nSPS) is 11.5. The molecule has 0 aromatic carbocycles. The summed E-state index contributed by atoms with van der Waals surface area (Å²) in [5.41, 5.74) is 0. The second kappa shape index (κ2) is 23.0. The third-order valence-electron chi connectivity index (χ3n) is 5.85. The van der Waals surface area contributed by atoms with Crippen molar-refractivity contribution in [1.29, 1.82) is 0 Å². The van der Waals surface area contributed by atoms with E-state index in [1.165, 1.54) is 142 Å². The fourth-order valence-electron chi connectivity index (χ4n) is 3.90. The molecule has 26 heavy (non-hydrogen) atoms. The lowest BCUT2D eigenvalue weighted by molar-refractivity contribution is 0.273. The first-order chi connectivity index (χ1) is 12.8. The maximum Gasteiger partial charge on any atom is -0.00189 e. The van der Waals surface area contributed by atoms with Gasteiger partial charge < -0.3 is 4.90 Å². The van der Waals surface area contributed by atoms with Crippen LogP contribution >= 0.6 is 0 Å². The van der Waals surface area contributed by atoms with Gasteiger partial charge >= 0.3 is 0 Å². The van der Waals surface area contributed by atoms with E-state index in [2.05, 4.69) is 25.7 Å². The molecule has 0 rings (SSSR count). The van der Waals surface area contributed by atoms with Crippen LogP contribution in [-0.2, 0) is 0 Å². The van der Waals surface area contributed by atoms with Gasteiger partial charge in [-0.05, 0) is 32.5 Å². The van der Waals surface area contributed by atoms with Gasteiger partial charge in [-0.25, -0.2) is 0 Å². The Morgan fingerprint density at radius 2 is 0.615 bits per heavy atom. The molecular weight excluding hydrogens is 314 g/mol. The second-order valence-corrected chi connectivity index (χ2v) is 8.44. The van der Waals surface area contributed by atoms with Gasteiger partial charge in [0.15, 0.2) is 0 Å². The summed E-state index contributed by atoms with van der Waals surface area (Å²) in [5.74, 6) is 0. The van der Waals surface area contributed by atoms with E-state index in [-0.39, 0.29) is 0 Å². The standard InChI is InChI=1S/C25H53N/c1-4-7-9-11-13-15-17-19-21-23-25-26(6-3)24-22-20-18-16-14-12-10-8-5-2/h4-25H2,1-3H3. The highest BCUT2D eigenvalue weighted by Gasteiger charge is 2.02. The van der Waals surface area contributed by atoms with Crippen molar-refractivity contribution in [2.24, 2.45) is 0 Å². The largest absolute Gasteiger partial charge is 0.304 e. The SMILES string of the molecule is CCCCCCCCCCCCN(CC)CCCCCCCCCCC. The van der Waals surface area contributed by atoms with Gasteiger partial charge in [-0.1, -0.05) is 130 Å². The van der Waals surface area contributed by atoms with Crippen LogP contribution in [0.2, 0.25) is 0 Å². The van der Waals surface area contributed by atoms with Gasteiger partial charge in [-0.2, -0.15) is 0 Å². The molecule has 0 amide bonds. The fourth-order valence-corrected chi connectivity index (χ4v) is 3.90. The minimum Gasteiger partial charge on any atom is -0.304 e. The van der Waals surface area contributed by atoms with E-state index in [1.807, 2.05) is 0 Å². The monoisotopic (exact) mass is 367 g/mol. The number of hydrogen-bond donors (Lipinski definition) is 0. The Morgan fingerprint density at radius 1 is 0.346 bits per heavy atom. The number of hydrogen-bond acceptors (Lipinski definition) is 1. The summed E-state index contributed by atoms with van der Waals surface area (Å²) in [6, 6.07) is 0. The second-order valence-electron chi connectivity index (χ2n) is 8.44. The average molecular weight is 368 g/mol. The van der Waals surface area contributed by atoms with Gasteiger partial charge in [-0.3, -0.25) is 0 Å². The van der Waals surface area contributed by atoms with Crippen LogP contribution in [0.3, 0.4) is 0 Å². The Balaban J connectivity index is 3.28. The first-order valence-electron chi connectivity index (χ1n) is 12.6. The van der Waals surface area contributed by atoms with Crippen LogP contribution in [0.25, 0.3) is 0 Å². The molecule has 0 aromatic heterocycles. The molecule has 0 N–H and O–H groups in total. The van der Waals surface area contributed by atoms with Crippen LogP contribution < -0.4 is 0 Å².